The third-order valence-electron chi connectivity index (χ3n) is 7.43. The van der Waals surface area contributed by atoms with Gasteiger partial charge in [0.05, 0.1) is 12.5 Å². The molecule has 1 aromatic carbocycles. The highest BCUT2D eigenvalue weighted by Crippen LogP contribution is 2.45. The summed E-state index contributed by atoms with van der Waals surface area (Å²) >= 11 is 1.86. The van der Waals surface area contributed by atoms with E-state index in [2.05, 4.69) is 31.0 Å². The number of carbonyl (C=O) groups excluding carboxylic acids is 1. The lowest BCUT2D eigenvalue weighted by molar-refractivity contribution is 0.208. The molecule has 2 aromatic heterocycles. The summed E-state index contributed by atoms with van der Waals surface area (Å²) in [5.41, 5.74) is 2.55. The molecule has 5 rings (SSSR count). The summed E-state index contributed by atoms with van der Waals surface area (Å²) in [5, 5.41) is 4.25. The first kappa shape index (κ1) is 23.9. The Hall–Kier alpha value is -2.87. The minimum Gasteiger partial charge on any atom is -0.497 e. The van der Waals surface area contributed by atoms with Crippen LogP contribution in [0.1, 0.15) is 43.5 Å². The highest BCUT2D eigenvalue weighted by Gasteiger charge is 2.33. The monoisotopic (exact) mass is 493 g/mol. The number of hydrogen-bond donors (Lipinski definition) is 1. The molecule has 2 amide bonds. The normalized spacial score (nSPS) is 18.5. The lowest BCUT2D eigenvalue weighted by Crippen LogP contribution is -2.50. The minimum atomic E-state index is -0.0695. The van der Waals surface area contributed by atoms with E-state index in [1.54, 1.807) is 7.11 Å². The van der Waals surface area contributed by atoms with Gasteiger partial charge in [-0.3, -0.25) is 0 Å². The molecule has 1 fully saturated rings. The molecular formula is C27H35N5O2S. The Balaban J connectivity index is 1.32. The Morgan fingerprint density at radius 2 is 1.83 bits per heavy atom. The van der Waals surface area contributed by atoms with Crippen LogP contribution in [0.15, 0.2) is 24.3 Å². The Kier molecular flexibility index (Phi) is 6.34. The van der Waals surface area contributed by atoms with Gasteiger partial charge in [0.25, 0.3) is 0 Å². The van der Waals surface area contributed by atoms with Crippen molar-refractivity contribution >= 4 is 39.1 Å². The molecule has 186 valence electrons. The maximum Gasteiger partial charge on any atom is 0.321 e. The van der Waals surface area contributed by atoms with Crippen LogP contribution in [0.3, 0.4) is 0 Å². The zero-order valence-corrected chi connectivity index (χ0v) is 22.2. The van der Waals surface area contributed by atoms with Gasteiger partial charge < -0.3 is 19.9 Å². The summed E-state index contributed by atoms with van der Waals surface area (Å²) in [6.07, 6.45) is 3.45. The molecule has 3 aromatic rings. The first-order chi connectivity index (χ1) is 16.7. The standard InChI is InChI=1S/C27H35N5O2S/c1-17-28-24(23-21-11-6-18(27(2,3)4)16-22(21)35-25(23)29-17)31-12-14-32(15-13-31)26(33)30-19-7-9-20(34-5)10-8-19/h7-10,18H,6,11-16H2,1-5H3,(H,30,33). The van der Waals surface area contributed by atoms with Crippen LogP contribution in [0, 0.1) is 18.3 Å². The minimum absolute atomic E-state index is 0.0695. The molecule has 35 heavy (non-hydrogen) atoms. The molecule has 8 heteroatoms. The zero-order chi connectivity index (χ0) is 24.7. The maximum atomic E-state index is 12.8. The van der Waals surface area contributed by atoms with E-state index in [9.17, 15) is 4.79 Å². The number of fused-ring (bicyclic) bond motifs is 3. The maximum absolute atomic E-state index is 12.8. The predicted octanol–water partition coefficient (Wildman–Crippen LogP) is 5.51. The number of ether oxygens (including phenoxy) is 1. The van der Waals surface area contributed by atoms with Crippen LogP contribution < -0.4 is 15.0 Å². The van der Waals surface area contributed by atoms with E-state index in [1.807, 2.05) is 47.4 Å². The van der Waals surface area contributed by atoms with Crippen LogP contribution in [-0.2, 0) is 12.8 Å². The quantitative estimate of drug-likeness (QED) is 0.521. The number of hydrogen-bond acceptors (Lipinski definition) is 6. The van der Waals surface area contributed by atoms with Crippen LogP contribution in [-0.4, -0.2) is 54.2 Å². The molecule has 1 unspecified atom stereocenters. The average Bonchev–Trinajstić information content (AvgIpc) is 3.21. The average molecular weight is 494 g/mol. The predicted molar refractivity (Wildman–Crippen MR) is 143 cm³/mol. The molecule has 0 spiro atoms. The largest absolute Gasteiger partial charge is 0.497 e. The highest BCUT2D eigenvalue weighted by molar-refractivity contribution is 7.19. The van der Waals surface area contributed by atoms with Crippen LogP contribution in [0.4, 0.5) is 16.3 Å². The third-order valence-corrected chi connectivity index (χ3v) is 8.58. The topological polar surface area (TPSA) is 70.6 Å². The van der Waals surface area contributed by atoms with E-state index in [0.29, 0.717) is 24.4 Å². The van der Waals surface area contributed by atoms with Gasteiger partial charge in [-0.25, -0.2) is 14.8 Å². The fourth-order valence-electron chi connectivity index (χ4n) is 5.23. The molecule has 3 heterocycles. The molecule has 7 nitrogen and oxygen atoms in total. The van der Waals surface area contributed by atoms with Gasteiger partial charge in [-0.2, -0.15) is 0 Å². The first-order valence-corrected chi connectivity index (χ1v) is 13.3. The molecule has 0 saturated carbocycles. The lowest BCUT2D eigenvalue weighted by atomic mass is 9.72. The molecule has 1 N–H and O–H groups in total. The van der Waals surface area contributed by atoms with Gasteiger partial charge in [-0.15, -0.1) is 11.3 Å². The van der Waals surface area contributed by atoms with Gasteiger partial charge in [0.1, 0.15) is 22.2 Å². The number of aromatic nitrogens is 2. The number of nitrogens with zero attached hydrogens (tertiary/aromatic N) is 4. The zero-order valence-electron chi connectivity index (χ0n) is 21.4. The number of urea groups is 1. The summed E-state index contributed by atoms with van der Waals surface area (Å²) in [4.78, 5) is 29.4. The van der Waals surface area contributed by atoms with Crippen LogP contribution >= 0.6 is 11.3 Å². The van der Waals surface area contributed by atoms with Crippen molar-refractivity contribution in [3.8, 4) is 5.75 Å². The molecule has 1 saturated heterocycles. The van der Waals surface area contributed by atoms with Crippen LogP contribution in [0.25, 0.3) is 10.2 Å². The summed E-state index contributed by atoms with van der Waals surface area (Å²) in [5.74, 6) is 3.34. The van der Waals surface area contributed by atoms with Crippen molar-refractivity contribution < 1.29 is 9.53 Å². The van der Waals surface area contributed by atoms with Crippen molar-refractivity contribution in [1.82, 2.24) is 14.9 Å². The van der Waals surface area contributed by atoms with E-state index >= 15 is 0 Å². The van der Waals surface area contributed by atoms with Crippen molar-refractivity contribution in [2.24, 2.45) is 11.3 Å². The molecular weight excluding hydrogens is 458 g/mol. The Morgan fingerprint density at radius 3 is 2.49 bits per heavy atom. The van der Waals surface area contributed by atoms with Crippen molar-refractivity contribution in [2.75, 3.05) is 43.5 Å². The smallest absolute Gasteiger partial charge is 0.321 e. The third kappa shape index (κ3) is 4.81. The summed E-state index contributed by atoms with van der Waals surface area (Å²) < 4.78 is 5.19. The number of thiophene rings is 1. The molecule has 1 atom stereocenters. The summed E-state index contributed by atoms with van der Waals surface area (Å²) in [7, 11) is 1.63. The van der Waals surface area contributed by atoms with E-state index < -0.39 is 0 Å². The van der Waals surface area contributed by atoms with Crippen molar-refractivity contribution in [3.05, 3.63) is 40.5 Å². The number of amides is 2. The Morgan fingerprint density at radius 1 is 1.11 bits per heavy atom. The Labute approximate surface area is 211 Å². The molecule has 0 radical (unpaired) electrons. The summed E-state index contributed by atoms with van der Waals surface area (Å²) in [6.45, 7) is 11.9. The lowest BCUT2D eigenvalue weighted by Gasteiger charge is -2.36. The number of nitrogens with one attached hydrogen (secondary N) is 1. The van der Waals surface area contributed by atoms with Crippen molar-refractivity contribution in [1.29, 1.82) is 0 Å². The molecule has 1 aliphatic carbocycles. The van der Waals surface area contributed by atoms with Gasteiger partial charge >= 0.3 is 6.03 Å². The van der Waals surface area contributed by atoms with E-state index in [4.69, 9.17) is 14.7 Å². The SMILES string of the molecule is COc1ccc(NC(=O)N2CCN(c3nc(C)nc4sc5c(c34)CCC(C(C)(C)C)C5)CC2)cc1. The van der Waals surface area contributed by atoms with Gasteiger partial charge in [0, 0.05) is 36.7 Å². The van der Waals surface area contributed by atoms with Gasteiger partial charge in [0.2, 0.25) is 0 Å². The number of carbonyl (C=O) groups is 1. The number of anilines is 2. The summed E-state index contributed by atoms with van der Waals surface area (Å²) in [6, 6.07) is 7.34. The number of rotatable bonds is 3. The van der Waals surface area contributed by atoms with Crippen LogP contribution in [0.5, 0.6) is 5.75 Å². The Bertz CT molecular complexity index is 1220. The fourth-order valence-corrected chi connectivity index (χ4v) is 6.57. The molecule has 2 aliphatic rings. The second-order valence-electron chi connectivity index (χ2n) is 10.7. The van der Waals surface area contributed by atoms with Crippen molar-refractivity contribution in [2.45, 2.75) is 47.0 Å². The van der Waals surface area contributed by atoms with Crippen molar-refractivity contribution in [3.63, 3.8) is 0 Å². The van der Waals surface area contributed by atoms with E-state index in [-0.39, 0.29) is 6.03 Å². The number of aryl methyl sites for hydroxylation is 2. The van der Waals surface area contributed by atoms with Crippen LogP contribution in [0.2, 0.25) is 0 Å². The molecule has 1 aliphatic heterocycles. The first-order valence-electron chi connectivity index (χ1n) is 12.5. The van der Waals surface area contributed by atoms with E-state index in [1.165, 1.54) is 22.2 Å². The van der Waals surface area contributed by atoms with Gasteiger partial charge in [-0.1, -0.05) is 20.8 Å². The second-order valence-corrected chi connectivity index (χ2v) is 11.8. The van der Waals surface area contributed by atoms with Gasteiger partial charge in [-0.05, 0) is 67.3 Å². The molecule has 0 bridgehead atoms. The highest BCUT2D eigenvalue weighted by atomic mass is 32.1. The number of piperazine rings is 1. The number of benzene rings is 1. The van der Waals surface area contributed by atoms with Gasteiger partial charge in [0.15, 0.2) is 0 Å². The fraction of sp³-hybridized carbons (Fsp3) is 0.519. The van der Waals surface area contributed by atoms with E-state index in [0.717, 1.165) is 53.8 Å². The second kappa shape index (κ2) is 9.30. The number of methoxy groups -OCH3 is 1.